The minimum Gasteiger partial charge on any atom is -0.358 e. The van der Waals surface area contributed by atoms with E-state index in [1.165, 1.54) is 37.2 Å². The number of aryl methyl sites for hydroxylation is 1. The Balaban J connectivity index is 1.92. The molecule has 5 heteroatoms. The van der Waals surface area contributed by atoms with Crippen LogP contribution in [0.2, 0.25) is 0 Å². The number of likely N-dealkylation sites (N-methyl/N-ethyl adjacent to an activating group) is 1. The maximum Gasteiger partial charge on any atom is 0.202 e. The number of nitrogens with zero attached hydrogens (tertiary/aromatic N) is 3. The Kier molecular flexibility index (Phi) is 4.56. The van der Waals surface area contributed by atoms with Crippen LogP contribution in [0.5, 0.6) is 0 Å². The van der Waals surface area contributed by atoms with Crippen LogP contribution in [0.1, 0.15) is 44.9 Å². The van der Waals surface area contributed by atoms with E-state index in [2.05, 4.69) is 40.6 Å². The lowest BCUT2D eigenvalue weighted by atomic mass is 9.96. The van der Waals surface area contributed by atoms with Gasteiger partial charge in [0.25, 0.3) is 0 Å². The molecule has 0 amide bonds. The van der Waals surface area contributed by atoms with Crippen LogP contribution < -0.4 is 5.32 Å². The Bertz CT molecular complexity index is 369. The molecule has 1 fully saturated rings. The molecule has 1 aromatic rings. The lowest BCUT2D eigenvalue weighted by Gasteiger charge is -2.36. The molecule has 1 aliphatic carbocycles. The number of aromatic nitrogens is 2. The third kappa shape index (κ3) is 3.01. The molecule has 0 aromatic carbocycles. The molecule has 0 atom stereocenters. The van der Waals surface area contributed by atoms with E-state index >= 15 is 0 Å². The Morgan fingerprint density at radius 2 is 2.06 bits per heavy atom. The van der Waals surface area contributed by atoms with Gasteiger partial charge < -0.3 is 10.2 Å². The molecule has 4 nitrogen and oxygen atoms in total. The van der Waals surface area contributed by atoms with Crippen molar-refractivity contribution in [1.29, 1.82) is 0 Å². The highest BCUT2D eigenvalue weighted by Crippen LogP contribution is 2.34. The standard InChI is InChI=1S/C13H24N4S/c1-4-7-11-15-12(18-16-11)14-10-13(17(2)3)8-5-6-9-13/h4-10H2,1-3H3,(H,14,15,16). The summed E-state index contributed by atoms with van der Waals surface area (Å²) in [5.74, 6) is 0.982. The van der Waals surface area contributed by atoms with Crippen molar-refractivity contribution in [3.05, 3.63) is 5.82 Å². The smallest absolute Gasteiger partial charge is 0.202 e. The van der Waals surface area contributed by atoms with Crippen molar-refractivity contribution >= 4 is 16.7 Å². The minimum atomic E-state index is 0.316. The lowest BCUT2D eigenvalue weighted by Crippen LogP contribution is -2.47. The highest BCUT2D eigenvalue weighted by molar-refractivity contribution is 7.09. The quantitative estimate of drug-likeness (QED) is 0.861. The van der Waals surface area contributed by atoms with Gasteiger partial charge in [0.1, 0.15) is 5.82 Å². The number of anilines is 1. The molecule has 0 spiro atoms. The first-order chi connectivity index (χ1) is 8.66. The van der Waals surface area contributed by atoms with Crippen molar-refractivity contribution in [2.45, 2.75) is 51.0 Å². The predicted octanol–water partition coefficient (Wildman–Crippen LogP) is 2.78. The second kappa shape index (κ2) is 5.97. The molecule has 2 rings (SSSR count). The Hall–Kier alpha value is -0.680. The van der Waals surface area contributed by atoms with E-state index in [1.54, 1.807) is 0 Å². The zero-order chi connectivity index (χ0) is 13.0. The van der Waals surface area contributed by atoms with Gasteiger partial charge in [0.05, 0.1) is 0 Å². The van der Waals surface area contributed by atoms with Gasteiger partial charge in [-0.2, -0.15) is 4.37 Å². The summed E-state index contributed by atoms with van der Waals surface area (Å²) >= 11 is 1.49. The first-order valence-electron chi connectivity index (χ1n) is 6.90. The first kappa shape index (κ1) is 13.7. The third-order valence-electron chi connectivity index (χ3n) is 3.99. The zero-order valence-corrected chi connectivity index (χ0v) is 12.5. The molecule has 1 aromatic heterocycles. The van der Waals surface area contributed by atoms with Crippen molar-refractivity contribution < 1.29 is 0 Å². The largest absolute Gasteiger partial charge is 0.358 e. The monoisotopic (exact) mass is 268 g/mol. The summed E-state index contributed by atoms with van der Waals surface area (Å²) in [5, 5.41) is 4.47. The van der Waals surface area contributed by atoms with Gasteiger partial charge >= 0.3 is 0 Å². The number of nitrogens with one attached hydrogen (secondary N) is 1. The van der Waals surface area contributed by atoms with Crippen molar-refractivity contribution in [2.24, 2.45) is 0 Å². The van der Waals surface area contributed by atoms with Gasteiger partial charge in [0, 0.05) is 30.0 Å². The number of hydrogen-bond donors (Lipinski definition) is 1. The molecule has 1 heterocycles. The molecular weight excluding hydrogens is 244 g/mol. The fourth-order valence-corrected chi connectivity index (χ4v) is 3.31. The van der Waals surface area contributed by atoms with Crippen LogP contribution in [0.15, 0.2) is 0 Å². The fourth-order valence-electron chi connectivity index (χ4n) is 2.71. The van der Waals surface area contributed by atoms with Crippen molar-refractivity contribution in [2.75, 3.05) is 26.0 Å². The van der Waals surface area contributed by atoms with E-state index in [1.807, 2.05) is 0 Å². The Morgan fingerprint density at radius 3 is 2.67 bits per heavy atom. The molecule has 1 N–H and O–H groups in total. The highest BCUT2D eigenvalue weighted by atomic mass is 32.1. The van der Waals surface area contributed by atoms with Gasteiger partial charge in [0.15, 0.2) is 0 Å². The molecule has 1 aliphatic rings. The van der Waals surface area contributed by atoms with Crippen LogP contribution in [0.25, 0.3) is 0 Å². The Morgan fingerprint density at radius 1 is 1.33 bits per heavy atom. The molecule has 0 saturated heterocycles. The van der Waals surface area contributed by atoms with Crippen LogP contribution in [-0.4, -0.2) is 40.4 Å². The van der Waals surface area contributed by atoms with Crippen molar-refractivity contribution in [3.8, 4) is 0 Å². The molecule has 0 unspecified atom stereocenters. The molecule has 18 heavy (non-hydrogen) atoms. The second-order valence-corrected chi connectivity index (χ2v) is 6.20. The van der Waals surface area contributed by atoms with E-state index in [9.17, 15) is 0 Å². The summed E-state index contributed by atoms with van der Waals surface area (Å²) in [6.45, 7) is 3.15. The van der Waals surface area contributed by atoms with Crippen molar-refractivity contribution in [1.82, 2.24) is 14.3 Å². The summed E-state index contributed by atoms with van der Waals surface area (Å²) in [6, 6.07) is 0. The lowest BCUT2D eigenvalue weighted by molar-refractivity contribution is 0.172. The topological polar surface area (TPSA) is 41.1 Å². The van der Waals surface area contributed by atoms with E-state index < -0.39 is 0 Å². The molecule has 1 saturated carbocycles. The van der Waals surface area contributed by atoms with E-state index in [-0.39, 0.29) is 0 Å². The van der Waals surface area contributed by atoms with Crippen LogP contribution >= 0.6 is 11.5 Å². The summed E-state index contributed by atoms with van der Waals surface area (Å²) in [4.78, 5) is 6.91. The highest BCUT2D eigenvalue weighted by Gasteiger charge is 2.35. The third-order valence-corrected chi connectivity index (χ3v) is 4.70. The Labute approximate surface area is 114 Å². The molecule has 0 radical (unpaired) electrons. The van der Waals surface area contributed by atoms with Crippen LogP contribution in [0, 0.1) is 0 Å². The summed E-state index contributed by atoms with van der Waals surface area (Å²) in [5.41, 5.74) is 0.316. The van der Waals surface area contributed by atoms with Crippen LogP contribution in [0.3, 0.4) is 0 Å². The number of hydrogen-bond acceptors (Lipinski definition) is 5. The molecule has 102 valence electrons. The van der Waals surface area contributed by atoms with E-state index in [4.69, 9.17) is 0 Å². The molecule has 0 bridgehead atoms. The van der Waals surface area contributed by atoms with Gasteiger partial charge in [-0.25, -0.2) is 4.98 Å². The van der Waals surface area contributed by atoms with Gasteiger partial charge in [0.2, 0.25) is 5.13 Å². The van der Waals surface area contributed by atoms with E-state index in [0.29, 0.717) is 5.54 Å². The normalized spacial score (nSPS) is 18.4. The molecular formula is C13H24N4S. The fraction of sp³-hybridized carbons (Fsp3) is 0.846. The van der Waals surface area contributed by atoms with E-state index in [0.717, 1.165) is 30.3 Å². The SMILES string of the molecule is CCCc1nsc(NCC2(N(C)C)CCCC2)n1. The zero-order valence-electron chi connectivity index (χ0n) is 11.7. The molecule has 0 aliphatic heterocycles. The maximum atomic E-state index is 4.53. The van der Waals surface area contributed by atoms with Gasteiger partial charge in [-0.05, 0) is 33.4 Å². The average molecular weight is 268 g/mol. The predicted molar refractivity (Wildman–Crippen MR) is 77.3 cm³/mol. The van der Waals surface area contributed by atoms with Gasteiger partial charge in [-0.1, -0.05) is 19.8 Å². The maximum absolute atomic E-state index is 4.53. The van der Waals surface area contributed by atoms with Gasteiger partial charge in [-0.15, -0.1) is 0 Å². The van der Waals surface area contributed by atoms with Crippen LogP contribution in [-0.2, 0) is 6.42 Å². The summed E-state index contributed by atoms with van der Waals surface area (Å²) in [6.07, 6.45) is 7.35. The minimum absolute atomic E-state index is 0.316. The summed E-state index contributed by atoms with van der Waals surface area (Å²) in [7, 11) is 4.38. The summed E-state index contributed by atoms with van der Waals surface area (Å²) < 4.78 is 4.37. The van der Waals surface area contributed by atoms with Crippen molar-refractivity contribution in [3.63, 3.8) is 0 Å². The second-order valence-electron chi connectivity index (χ2n) is 5.45. The average Bonchev–Trinajstić information content (AvgIpc) is 2.96. The van der Waals surface area contributed by atoms with Gasteiger partial charge in [-0.3, -0.25) is 0 Å². The number of rotatable bonds is 6. The first-order valence-corrected chi connectivity index (χ1v) is 7.67. The van der Waals surface area contributed by atoms with Crippen LogP contribution in [0.4, 0.5) is 5.13 Å².